The zero-order chi connectivity index (χ0) is 11.1. The monoisotopic (exact) mass is 210 g/mol. The third-order valence-corrected chi connectivity index (χ3v) is 2.04. The van der Waals surface area contributed by atoms with Crippen molar-refractivity contribution >= 4 is 0 Å². The molecule has 0 spiro atoms. The molecule has 0 aliphatic heterocycles. The lowest BCUT2D eigenvalue weighted by atomic mass is 10.0. The zero-order valence-corrected chi connectivity index (χ0v) is 8.33. The minimum Gasteiger partial charge on any atom is -0.394 e. The molecule has 0 unspecified atom stereocenters. The molecule has 0 fully saturated rings. The standard InChI is InChI=1S/C8H18O6/c1-13-6(4-10)7(12)8(14-2)5(11)3-9/h5-12H,3-4H2,1-2H3/t5-,6+,7-,8+/m1/s1. The highest BCUT2D eigenvalue weighted by Crippen LogP contribution is 2.10. The Bertz CT molecular complexity index is 138. The summed E-state index contributed by atoms with van der Waals surface area (Å²) in [6.45, 7) is -0.924. The van der Waals surface area contributed by atoms with Crippen molar-refractivity contribution in [2.45, 2.75) is 24.4 Å². The molecule has 0 amide bonds. The fourth-order valence-corrected chi connectivity index (χ4v) is 1.16. The van der Waals surface area contributed by atoms with Crippen LogP contribution in [0.4, 0.5) is 0 Å². The first-order valence-corrected chi connectivity index (χ1v) is 4.25. The van der Waals surface area contributed by atoms with Crippen LogP contribution in [0, 0.1) is 0 Å². The summed E-state index contributed by atoms with van der Waals surface area (Å²) in [6.07, 6.45) is -4.24. The lowest BCUT2D eigenvalue weighted by Crippen LogP contribution is -2.48. The molecule has 0 aliphatic carbocycles. The van der Waals surface area contributed by atoms with Crippen molar-refractivity contribution in [2.24, 2.45) is 0 Å². The minimum absolute atomic E-state index is 0.393. The van der Waals surface area contributed by atoms with E-state index in [1.54, 1.807) is 0 Å². The van der Waals surface area contributed by atoms with Gasteiger partial charge < -0.3 is 29.9 Å². The molecule has 0 aromatic carbocycles. The van der Waals surface area contributed by atoms with Gasteiger partial charge in [0.05, 0.1) is 13.2 Å². The molecule has 4 N–H and O–H groups in total. The first-order chi connectivity index (χ1) is 6.62. The van der Waals surface area contributed by atoms with Gasteiger partial charge in [-0.15, -0.1) is 0 Å². The van der Waals surface area contributed by atoms with Crippen molar-refractivity contribution in [3.63, 3.8) is 0 Å². The topological polar surface area (TPSA) is 99.4 Å². The van der Waals surface area contributed by atoms with Gasteiger partial charge in [-0.25, -0.2) is 0 Å². The zero-order valence-electron chi connectivity index (χ0n) is 8.33. The van der Waals surface area contributed by atoms with Crippen LogP contribution in [0.5, 0.6) is 0 Å². The van der Waals surface area contributed by atoms with E-state index in [1.165, 1.54) is 14.2 Å². The third kappa shape index (κ3) is 3.49. The van der Waals surface area contributed by atoms with Crippen molar-refractivity contribution in [1.29, 1.82) is 0 Å². The number of aliphatic hydroxyl groups is 4. The van der Waals surface area contributed by atoms with Gasteiger partial charge in [-0.05, 0) is 0 Å². The van der Waals surface area contributed by atoms with Gasteiger partial charge in [0.25, 0.3) is 0 Å². The predicted octanol–water partition coefficient (Wildman–Crippen LogP) is -2.28. The van der Waals surface area contributed by atoms with Gasteiger partial charge in [0, 0.05) is 14.2 Å². The average Bonchev–Trinajstić information content (AvgIpc) is 2.20. The van der Waals surface area contributed by atoms with E-state index in [9.17, 15) is 10.2 Å². The van der Waals surface area contributed by atoms with Crippen LogP contribution < -0.4 is 0 Å². The van der Waals surface area contributed by atoms with Crippen molar-refractivity contribution in [2.75, 3.05) is 27.4 Å². The summed E-state index contributed by atoms with van der Waals surface area (Å²) in [6, 6.07) is 0. The second kappa shape index (κ2) is 7.10. The number of hydrogen-bond acceptors (Lipinski definition) is 6. The third-order valence-electron chi connectivity index (χ3n) is 2.04. The number of rotatable bonds is 7. The molecule has 14 heavy (non-hydrogen) atoms. The fourth-order valence-electron chi connectivity index (χ4n) is 1.16. The lowest BCUT2D eigenvalue weighted by Gasteiger charge is -2.29. The van der Waals surface area contributed by atoms with Crippen LogP contribution in [-0.2, 0) is 9.47 Å². The first kappa shape index (κ1) is 13.8. The fraction of sp³-hybridized carbons (Fsp3) is 1.00. The van der Waals surface area contributed by atoms with Crippen molar-refractivity contribution in [1.82, 2.24) is 0 Å². The van der Waals surface area contributed by atoms with E-state index < -0.39 is 37.6 Å². The molecule has 86 valence electrons. The van der Waals surface area contributed by atoms with E-state index in [4.69, 9.17) is 19.7 Å². The molecule has 0 heterocycles. The molecular formula is C8H18O6. The highest BCUT2D eigenvalue weighted by molar-refractivity contribution is 4.82. The molecule has 0 bridgehead atoms. The summed E-state index contributed by atoms with van der Waals surface area (Å²) in [5, 5.41) is 36.3. The van der Waals surface area contributed by atoms with Gasteiger partial charge >= 0.3 is 0 Å². The Morgan fingerprint density at radius 3 is 1.86 bits per heavy atom. The first-order valence-electron chi connectivity index (χ1n) is 4.25. The predicted molar refractivity (Wildman–Crippen MR) is 47.8 cm³/mol. The maximum absolute atomic E-state index is 9.59. The van der Waals surface area contributed by atoms with Gasteiger partial charge in [0.15, 0.2) is 0 Å². The van der Waals surface area contributed by atoms with E-state index in [-0.39, 0.29) is 0 Å². The molecule has 0 radical (unpaired) electrons. The number of ether oxygens (including phenoxy) is 2. The second-order valence-electron chi connectivity index (χ2n) is 2.90. The highest BCUT2D eigenvalue weighted by atomic mass is 16.5. The Labute approximate surface area is 82.7 Å². The molecule has 6 heteroatoms. The van der Waals surface area contributed by atoms with E-state index in [1.807, 2.05) is 0 Å². The Morgan fingerprint density at radius 2 is 1.57 bits per heavy atom. The Morgan fingerprint density at radius 1 is 1.00 bits per heavy atom. The summed E-state index contributed by atoms with van der Waals surface area (Å²) in [5.74, 6) is 0. The van der Waals surface area contributed by atoms with Crippen molar-refractivity contribution in [3.05, 3.63) is 0 Å². The summed E-state index contributed by atoms with van der Waals surface area (Å²) in [7, 11) is 2.61. The van der Waals surface area contributed by atoms with Crippen LogP contribution in [0.15, 0.2) is 0 Å². The minimum atomic E-state index is -1.21. The Hall–Kier alpha value is -0.240. The van der Waals surface area contributed by atoms with Crippen LogP contribution in [0.3, 0.4) is 0 Å². The van der Waals surface area contributed by atoms with Crippen LogP contribution in [-0.4, -0.2) is 72.3 Å². The Balaban J connectivity index is 4.34. The maximum atomic E-state index is 9.59. The normalized spacial score (nSPS) is 20.1. The quantitative estimate of drug-likeness (QED) is 0.378. The maximum Gasteiger partial charge on any atom is 0.114 e. The smallest absolute Gasteiger partial charge is 0.114 e. The van der Waals surface area contributed by atoms with Gasteiger partial charge in [0.1, 0.15) is 24.4 Å². The van der Waals surface area contributed by atoms with Gasteiger partial charge in [-0.1, -0.05) is 0 Å². The van der Waals surface area contributed by atoms with Crippen molar-refractivity contribution < 1.29 is 29.9 Å². The molecule has 6 nitrogen and oxygen atoms in total. The van der Waals surface area contributed by atoms with E-state index >= 15 is 0 Å². The summed E-state index contributed by atoms with van der Waals surface area (Å²) in [4.78, 5) is 0. The molecule has 0 aromatic rings. The molecule has 4 atom stereocenters. The van der Waals surface area contributed by atoms with E-state index in [2.05, 4.69) is 0 Å². The molecule has 0 saturated carbocycles. The summed E-state index contributed by atoms with van der Waals surface area (Å²) >= 11 is 0. The lowest BCUT2D eigenvalue weighted by molar-refractivity contribution is -0.144. The van der Waals surface area contributed by atoms with Gasteiger partial charge in [-0.2, -0.15) is 0 Å². The molecular weight excluding hydrogens is 192 g/mol. The average molecular weight is 210 g/mol. The second-order valence-corrected chi connectivity index (χ2v) is 2.90. The van der Waals surface area contributed by atoms with Crippen LogP contribution in [0.25, 0.3) is 0 Å². The van der Waals surface area contributed by atoms with E-state index in [0.29, 0.717) is 0 Å². The van der Waals surface area contributed by atoms with E-state index in [0.717, 1.165) is 0 Å². The molecule has 0 aliphatic rings. The number of methoxy groups -OCH3 is 2. The number of hydrogen-bond donors (Lipinski definition) is 4. The van der Waals surface area contributed by atoms with Gasteiger partial charge in [0.2, 0.25) is 0 Å². The largest absolute Gasteiger partial charge is 0.394 e. The van der Waals surface area contributed by atoms with Gasteiger partial charge in [-0.3, -0.25) is 0 Å². The highest BCUT2D eigenvalue weighted by Gasteiger charge is 2.32. The Kier molecular flexibility index (Phi) is 6.98. The number of aliphatic hydroxyl groups excluding tert-OH is 4. The van der Waals surface area contributed by atoms with Crippen LogP contribution in [0.2, 0.25) is 0 Å². The summed E-state index contributed by atoms with van der Waals surface area (Å²) in [5.41, 5.74) is 0. The van der Waals surface area contributed by atoms with Crippen molar-refractivity contribution in [3.8, 4) is 0 Å². The van der Waals surface area contributed by atoms with Crippen LogP contribution >= 0.6 is 0 Å². The molecule has 0 saturated heterocycles. The summed E-state index contributed by atoms with van der Waals surface area (Å²) < 4.78 is 9.56. The molecule has 0 rings (SSSR count). The SMILES string of the molecule is CO[C@H]([C@H](O)[C@H](CO)OC)[C@H](O)CO. The molecule has 0 aromatic heterocycles. The van der Waals surface area contributed by atoms with Crippen LogP contribution in [0.1, 0.15) is 0 Å².